The number of rotatable bonds is 13. The fourth-order valence-corrected chi connectivity index (χ4v) is 2.37. The zero-order valence-corrected chi connectivity index (χ0v) is 17.3. The van der Waals surface area contributed by atoms with E-state index in [9.17, 15) is 8.78 Å². The van der Waals surface area contributed by atoms with Gasteiger partial charge in [0, 0.05) is 0 Å². The van der Waals surface area contributed by atoms with Gasteiger partial charge in [-0.1, -0.05) is 57.7 Å². The van der Waals surface area contributed by atoms with Crippen molar-refractivity contribution >= 4 is 0 Å². The highest BCUT2D eigenvalue weighted by Gasteiger charge is 2.15. The van der Waals surface area contributed by atoms with Gasteiger partial charge in [0.15, 0.2) is 11.5 Å². The van der Waals surface area contributed by atoms with E-state index in [1.807, 2.05) is 19.1 Å². The van der Waals surface area contributed by atoms with Gasteiger partial charge in [-0.15, -0.1) is 6.58 Å². The predicted molar refractivity (Wildman–Crippen MR) is 113 cm³/mol. The van der Waals surface area contributed by atoms with Gasteiger partial charge in [-0.3, -0.25) is 0 Å². The Balaban J connectivity index is 2.55. The Hall–Kier alpha value is -2.36. The Morgan fingerprint density at radius 2 is 1.64 bits per heavy atom. The number of benzene rings is 1. The van der Waals surface area contributed by atoms with Gasteiger partial charge in [0.1, 0.15) is 6.61 Å². The molecule has 0 saturated carbocycles. The summed E-state index contributed by atoms with van der Waals surface area (Å²) in [5, 5.41) is 0. The summed E-state index contributed by atoms with van der Waals surface area (Å²) in [4.78, 5) is 0. The lowest BCUT2D eigenvalue weighted by atomic mass is 9.92. The lowest BCUT2D eigenvalue weighted by Crippen LogP contribution is -2.04. The molecule has 0 aliphatic carbocycles. The van der Waals surface area contributed by atoms with Crippen molar-refractivity contribution in [2.45, 2.75) is 40.0 Å². The van der Waals surface area contributed by atoms with Crippen molar-refractivity contribution in [2.24, 2.45) is 11.8 Å². The molecular formula is C24H32F2O2. The summed E-state index contributed by atoms with van der Waals surface area (Å²) < 4.78 is 38.6. The third-order valence-electron chi connectivity index (χ3n) is 4.51. The van der Waals surface area contributed by atoms with Gasteiger partial charge in [-0.25, -0.2) is 0 Å². The molecule has 0 amide bonds. The highest BCUT2D eigenvalue weighted by Crippen LogP contribution is 2.28. The molecule has 0 bridgehead atoms. The topological polar surface area (TPSA) is 18.5 Å². The van der Waals surface area contributed by atoms with Gasteiger partial charge in [0.05, 0.1) is 6.61 Å². The Kier molecular flexibility index (Phi) is 10.3. The quantitative estimate of drug-likeness (QED) is 0.266. The average Bonchev–Trinajstić information content (AvgIpc) is 2.70. The first-order chi connectivity index (χ1) is 13.3. The lowest BCUT2D eigenvalue weighted by Gasteiger charge is -2.14. The minimum Gasteiger partial charge on any atom is -0.490 e. The van der Waals surface area contributed by atoms with E-state index in [1.165, 1.54) is 12.1 Å². The third kappa shape index (κ3) is 7.71. The summed E-state index contributed by atoms with van der Waals surface area (Å²) in [6.07, 6.45) is 8.44. The molecule has 154 valence electrons. The molecule has 28 heavy (non-hydrogen) atoms. The standard InChI is InChI=1S/C24H32F2O2/c1-7-15-27-21-13-14-22(24(26)23(21)25)28-16-18(4)10-12-20(6)19(5)11-9-17(3)8-2/h8,10,12-14,17,19H,2,4,6-7,9,11,15-16H2,1,3,5H3/b12-10-. The van der Waals surface area contributed by atoms with Crippen LogP contribution in [0, 0.1) is 23.5 Å². The number of hydrogen-bond acceptors (Lipinski definition) is 2. The zero-order valence-electron chi connectivity index (χ0n) is 17.3. The Bertz CT molecular complexity index is 707. The Morgan fingerprint density at radius 3 is 2.21 bits per heavy atom. The maximum absolute atomic E-state index is 14.1. The second-order valence-corrected chi connectivity index (χ2v) is 7.08. The summed E-state index contributed by atoms with van der Waals surface area (Å²) in [6.45, 7) is 18.3. The molecule has 0 aliphatic rings. The van der Waals surface area contributed by atoms with E-state index in [-0.39, 0.29) is 18.1 Å². The van der Waals surface area contributed by atoms with Crippen LogP contribution in [0.15, 0.2) is 61.2 Å². The van der Waals surface area contributed by atoms with Crippen molar-refractivity contribution in [1.29, 1.82) is 0 Å². The van der Waals surface area contributed by atoms with Crippen LogP contribution in [0.25, 0.3) is 0 Å². The molecule has 0 radical (unpaired) electrons. The van der Waals surface area contributed by atoms with Gasteiger partial charge in [-0.2, -0.15) is 8.78 Å². The van der Waals surface area contributed by atoms with E-state index in [1.54, 1.807) is 6.08 Å². The summed E-state index contributed by atoms with van der Waals surface area (Å²) in [7, 11) is 0. The van der Waals surface area contributed by atoms with Crippen LogP contribution >= 0.6 is 0 Å². The normalized spacial score (nSPS) is 13.2. The minimum atomic E-state index is -1.06. The molecule has 2 unspecified atom stereocenters. The number of ether oxygens (including phenoxy) is 2. The minimum absolute atomic E-state index is 0.0528. The maximum atomic E-state index is 14.1. The molecule has 1 aromatic carbocycles. The molecule has 4 heteroatoms. The van der Waals surface area contributed by atoms with E-state index in [4.69, 9.17) is 9.47 Å². The number of allylic oxidation sites excluding steroid dienone is 3. The van der Waals surface area contributed by atoms with Crippen LogP contribution in [0.1, 0.15) is 40.0 Å². The molecule has 2 atom stereocenters. The molecule has 0 saturated heterocycles. The SMILES string of the molecule is C=CC(C)CCC(C)C(=C)/C=C\C(=C)COc1ccc(OCCC)c(F)c1F. The monoisotopic (exact) mass is 390 g/mol. The van der Waals surface area contributed by atoms with Crippen molar-refractivity contribution in [2.75, 3.05) is 13.2 Å². The van der Waals surface area contributed by atoms with E-state index >= 15 is 0 Å². The highest BCUT2D eigenvalue weighted by atomic mass is 19.2. The van der Waals surface area contributed by atoms with Gasteiger partial charge in [0.2, 0.25) is 11.6 Å². The van der Waals surface area contributed by atoms with Gasteiger partial charge < -0.3 is 9.47 Å². The first-order valence-corrected chi connectivity index (χ1v) is 9.70. The Morgan fingerprint density at radius 1 is 1.04 bits per heavy atom. The van der Waals surface area contributed by atoms with E-state index in [0.29, 0.717) is 30.4 Å². The maximum Gasteiger partial charge on any atom is 0.204 e. The van der Waals surface area contributed by atoms with Crippen LogP contribution in [0.4, 0.5) is 8.78 Å². The van der Waals surface area contributed by atoms with Crippen LogP contribution in [-0.4, -0.2) is 13.2 Å². The van der Waals surface area contributed by atoms with E-state index in [0.717, 1.165) is 18.4 Å². The molecule has 1 rings (SSSR count). The van der Waals surface area contributed by atoms with Crippen molar-refractivity contribution in [3.05, 3.63) is 72.9 Å². The molecule has 1 aromatic rings. The molecule has 0 spiro atoms. The second-order valence-electron chi connectivity index (χ2n) is 7.08. The van der Waals surface area contributed by atoms with Gasteiger partial charge in [-0.05, 0) is 48.8 Å². The van der Waals surface area contributed by atoms with Crippen LogP contribution in [-0.2, 0) is 0 Å². The first-order valence-electron chi connectivity index (χ1n) is 9.70. The van der Waals surface area contributed by atoms with Crippen LogP contribution in [0.2, 0.25) is 0 Å². The molecule has 0 aromatic heterocycles. The Labute approximate surface area is 168 Å². The molecule has 0 aliphatic heterocycles. The largest absolute Gasteiger partial charge is 0.490 e. The van der Waals surface area contributed by atoms with Crippen molar-refractivity contribution in [1.82, 2.24) is 0 Å². The third-order valence-corrected chi connectivity index (χ3v) is 4.51. The van der Waals surface area contributed by atoms with E-state index in [2.05, 4.69) is 33.6 Å². The highest BCUT2D eigenvalue weighted by molar-refractivity contribution is 5.35. The number of hydrogen-bond donors (Lipinski definition) is 0. The summed E-state index contributed by atoms with van der Waals surface area (Å²) in [5.41, 5.74) is 1.63. The fourth-order valence-electron chi connectivity index (χ4n) is 2.37. The van der Waals surface area contributed by atoms with E-state index < -0.39 is 11.6 Å². The average molecular weight is 391 g/mol. The zero-order chi connectivity index (χ0) is 21.1. The van der Waals surface area contributed by atoms with Crippen LogP contribution in [0.3, 0.4) is 0 Å². The lowest BCUT2D eigenvalue weighted by molar-refractivity contribution is 0.285. The molecule has 0 N–H and O–H groups in total. The number of halogens is 2. The fraction of sp³-hybridized carbons (Fsp3) is 0.417. The smallest absolute Gasteiger partial charge is 0.204 e. The molecule has 0 heterocycles. The summed E-state index contributed by atoms with van der Waals surface area (Å²) in [6, 6.07) is 2.73. The second kappa shape index (κ2) is 12.2. The van der Waals surface area contributed by atoms with Gasteiger partial charge in [0.25, 0.3) is 0 Å². The van der Waals surface area contributed by atoms with Crippen molar-refractivity contribution < 1.29 is 18.3 Å². The summed E-state index contributed by atoms with van der Waals surface area (Å²) in [5.74, 6) is -1.54. The molecule has 2 nitrogen and oxygen atoms in total. The summed E-state index contributed by atoms with van der Waals surface area (Å²) >= 11 is 0. The van der Waals surface area contributed by atoms with Crippen molar-refractivity contribution in [3.8, 4) is 11.5 Å². The van der Waals surface area contributed by atoms with Crippen LogP contribution in [0.5, 0.6) is 11.5 Å². The van der Waals surface area contributed by atoms with Crippen molar-refractivity contribution in [3.63, 3.8) is 0 Å². The van der Waals surface area contributed by atoms with Gasteiger partial charge >= 0.3 is 0 Å². The molecule has 0 fully saturated rings. The predicted octanol–water partition coefficient (Wildman–Crippen LogP) is 7.04. The molecular weight excluding hydrogens is 358 g/mol. The first kappa shape index (κ1) is 23.7. The van der Waals surface area contributed by atoms with Crippen LogP contribution < -0.4 is 9.47 Å².